The zero-order chi connectivity index (χ0) is 14.7. The average Bonchev–Trinajstić information content (AvgIpc) is 3.16. The van der Waals surface area contributed by atoms with Crippen molar-refractivity contribution in [3.05, 3.63) is 48.4 Å². The van der Waals surface area contributed by atoms with Gasteiger partial charge >= 0.3 is 0 Å². The Morgan fingerprint density at radius 1 is 1.29 bits per heavy atom. The Morgan fingerprint density at radius 2 is 2.19 bits per heavy atom. The Morgan fingerprint density at radius 3 is 2.90 bits per heavy atom. The first-order chi connectivity index (χ1) is 10.2. The summed E-state index contributed by atoms with van der Waals surface area (Å²) in [7, 11) is 3.95. The van der Waals surface area contributed by atoms with Crippen molar-refractivity contribution in [3.8, 4) is 0 Å². The van der Waals surface area contributed by atoms with Gasteiger partial charge in [-0.3, -0.25) is 4.90 Å². The molecular formula is C14H16N4O2S. The fourth-order valence-electron chi connectivity index (χ4n) is 1.97. The van der Waals surface area contributed by atoms with Crippen LogP contribution in [-0.4, -0.2) is 26.7 Å². The van der Waals surface area contributed by atoms with Crippen molar-refractivity contribution in [1.29, 1.82) is 0 Å². The van der Waals surface area contributed by atoms with E-state index in [9.17, 15) is 0 Å². The van der Waals surface area contributed by atoms with Gasteiger partial charge in [-0.2, -0.15) is 0 Å². The van der Waals surface area contributed by atoms with E-state index < -0.39 is 0 Å². The fourth-order valence-corrected chi connectivity index (χ4v) is 2.71. The van der Waals surface area contributed by atoms with Crippen molar-refractivity contribution in [1.82, 2.24) is 19.7 Å². The topological polar surface area (TPSA) is 60.2 Å². The molecule has 0 saturated carbocycles. The van der Waals surface area contributed by atoms with Gasteiger partial charge in [0.05, 0.1) is 19.1 Å². The number of aryl methyl sites for hydroxylation is 1. The van der Waals surface area contributed by atoms with Crippen molar-refractivity contribution < 1.29 is 8.83 Å². The van der Waals surface area contributed by atoms with Gasteiger partial charge in [0.2, 0.25) is 0 Å². The molecule has 0 radical (unpaired) electrons. The standard InChI is InChI=1S/C14H16N4O2S/c1-17(7-11-5-6-19-9-11)8-12-3-4-13(20-12)21-14-16-15-10-18(14)2/h3-6,9-10H,7-8H2,1-2H3. The van der Waals surface area contributed by atoms with Crippen LogP contribution in [0.4, 0.5) is 0 Å². The van der Waals surface area contributed by atoms with Gasteiger partial charge in [-0.25, -0.2) is 0 Å². The second-order valence-electron chi connectivity index (χ2n) is 4.85. The summed E-state index contributed by atoms with van der Waals surface area (Å²) in [6.45, 7) is 1.56. The molecule has 3 rings (SSSR count). The SMILES string of the molecule is CN(Cc1ccoc1)Cc1ccc(Sc2nncn2C)o1. The molecule has 0 fully saturated rings. The third kappa shape index (κ3) is 3.56. The first-order valence-corrected chi connectivity index (χ1v) is 7.32. The number of rotatable bonds is 6. The van der Waals surface area contributed by atoms with Crippen molar-refractivity contribution in [2.45, 2.75) is 23.3 Å². The molecule has 3 aromatic heterocycles. The van der Waals surface area contributed by atoms with Crippen LogP contribution in [0.3, 0.4) is 0 Å². The summed E-state index contributed by atoms with van der Waals surface area (Å²) in [5.74, 6) is 0.922. The van der Waals surface area contributed by atoms with E-state index in [1.165, 1.54) is 11.8 Å². The maximum Gasteiger partial charge on any atom is 0.198 e. The molecule has 0 N–H and O–H groups in total. The van der Waals surface area contributed by atoms with E-state index in [4.69, 9.17) is 8.83 Å². The minimum absolute atomic E-state index is 0.741. The predicted octanol–water partition coefficient (Wildman–Crippen LogP) is 2.78. The molecule has 3 heterocycles. The molecule has 0 aliphatic rings. The maximum absolute atomic E-state index is 5.82. The molecule has 7 heteroatoms. The van der Waals surface area contributed by atoms with Crippen LogP contribution < -0.4 is 0 Å². The van der Waals surface area contributed by atoms with Crippen LogP contribution in [0.2, 0.25) is 0 Å². The summed E-state index contributed by atoms with van der Waals surface area (Å²) in [4.78, 5) is 2.17. The van der Waals surface area contributed by atoms with E-state index in [-0.39, 0.29) is 0 Å². The van der Waals surface area contributed by atoms with Crippen molar-refractivity contribution in [2.24, 2.45) is 7.05 Å². The molecule has 0 aromatic carbocycles. The first-order valence-electron chi connectivity index (χ1n) is 6.51. The van der Waals surface area contributed by atoms with Gasteiger partial charge in [-0.05, 0) is 37.0 Å². The Hall–Kier alpha value is -1.99. The number of hydrogen-bond donors (Lipinski definition) is 0. The van der Waals surface area contributed by atoms with E-state index >= 15 is 0 Å². The van der Waals surface area contributed by atoms with Gasteiger partial charge in [-0.1, -0.05) is 0 Å². The normalized spacial score (nSPS) is 11.4. The van der Waals surface area contributed by atoms with Gasteiger partial charge in [0, 0.05) is 19.2 Å². The van der Waals surface area contributed by atoms with Gasteiger partial charge < -0.3 is 13.4 Å². The number of aromatic nitrogens is 3. The summed E-state index contributed by atoms with van der Waals surface area (Å²) < 4.78 is 12.7. The Labute approximate surface area is 126 Å². The molecule has 0 bridgehead atoms. The number of hydrogen-bond acceptors (Lipinski definition) is 6. The lowest BCUT2D eigenvalue weighted by Gasteiger charge is -2.13. The zero-order valence-corrected chi connectivity index (χ0v) is 12.7. The summed E-state index contributed by atoms with van der Waals surface area (Å²) >= 11 is 1.46. The molecule has 0 spiro atoms. The Bertz CT molecular complexity index is 689. The molecule has 21 heavy (non-hydrogen) atoms. The van der Waals surface area contributed by atoms with Crippen LogP contribution in [0.5, 0.6) is 0 Å². The average molecular weight is 304 g/mol. The van der Waals surface area contributed by atoms with Crippen LogP contribution in [0.1, 0.15) is 11.3 Å². The highest BCUT2D eigenvalue weighted by atomic mass is 32.2. The van der Waals surface area contributed by atoms with E-state index in [1.54, 1.807) is 18.9 Å². The molecule has 0 amide bonds. The summed E-state index contributed by atoms with van der Waals surface area (Å²) in [6.07, 6.45) is 5.12. The Kier molecular flexibility index (Phi) is 4.12. The van der Waals surface area contributed by atoms with Gasteiger partial charge in [-0.15, -0.1) is 10.2 Å². The Balaban J connectivity index is 1.58. The lowest BCUT2D eigenvalue weighted by atomic mass is 10.3. The monoisotopic (exact) mass is 304 g/mol. The van der Waals surface area contributed by atoms with Crippen LogP contribution in [-0.2, 0) is 20.1 Å². The maximum atomic E-state index is 5.82. The lowest BCUT2D eigenvalue weighted by molar-refractivity contribution is 0.276. The molecule has 0 saturated heterocycles. The van der Waals surface area contributed by atoms with Crippen LogP contribution in [0, 0.1) is 0 Å². The van der Waals surface area contributed by atoms with E-state index in [0.29, 0.717) is 0 Å². The highest BCUT2D eigenvalue weighted by molar-refractivity contribution is 7.99. The van der Waals surface area contributed by atoms with Crippen molar-refractivity contribution in [3.63, 3.8) is 0 Å². The van der Waals surface area contributed by atoms with Crippen LogP contribution in [0.25, 0.3) is 0 Å². The predicted molar refractivity (Wildman–Crippen MR) is 77.7 cm³/mol. The second kappa shape index (κ2) is 6.19. The highest BCUT2D eigenvalue weighted by Gasteiger charge is 2.10. The largest absolute Gasteiger partial charge is 0.472 e. The van der Waals surface area contributed by atoms with Crippen LogP contribution in [0.15, 0.2) is 56.1 Å². The summed E-state index contributed by atoms with van der Waals surface area (Å²) in [5, 5.41) is 9.50. The molecule has 0 unspecified atom stereocenters. The molecule has 3 aromatic rings. The molecule has 0 aliphatic heterocycles. The number of nitrogens with zero attached hydrogens (tertiary/aromatic N) is 4. The zero-order valence-electron chi connectivity index (χ0n) is 11.9. The minimum atomic E-state index is 0.741. The molecule has 0 aliphatic carbocycles. The highest BCUT2D eigenvalue weighted by Crippen LogP contribution is 2.27. The van der Waals surface area contributed by atoms with E-state index in [2.05, 4.69) is 15.1 Å². The van der Waals surface area contributed by atoms with E-state index in [0.717, 1.165) is 34.7 Å². The van der Waals surface area contributed by atoms with Gasteiger partial charge in [0.25, 0.3) is 0 Å². The quantitative estimate of drug-likeness (QED) is 0.698. The van der Waals surface area contributed by atoms with Gasteiger partial charge in [0.15, 0.2) is 10.2 Å². The second-order valence-corrected chi connectivity index (χ2v) is 5.82. The number of furan rings is 2. The van der Waals surface area contributed by atoms with Crippen molar-refractivity contribution >= 4 is 11.8 Å². The van der Waals surface area contributed by atoms with Gasteiger partial charge in [0.1, 0.15) is 12.1 Å². The van der Waals surface area contributed by atoms with E-state index in [1.807, 2.05) is 36.9 Å². The lowest BCUT2D eigenvalue weighted by Crippen LogP contribution is -2.16. The smallest absolute Gasteiger partial charge is 0.198 e. The summed E-state index contributed by atoms with van der Waals surface area (Å²) in [5.41, 5.74) is 1.15. The minimum Gasteiger partial charge on any atom is -0.472 e. The summed E-state index contributed by atoms with van der Waals surface area (Å²) in [6, 6.07) is 5.92. The molecule has 110 valence electrons. The van der Waals surface area contributed by atoms with Crippen LogP contribution >= 0.6 is 11.8 Å². The fraction of sp³-hybridized carbons (Fsp3) is 0.286. The molecular weight excluding hydrogens is 288 g/mol. The van der Waals surface area contributed by atoms with Crippen molar-refractivity contribution in [2.75, 3.05) is 7.05 Å². The third-order valence-corrected chi connectivity index (χ3v) is 3.93. The molecule has 6 nitrogen and oxygen atoms in total. The molecule has 0 atom stereocenters. The third-order valence-electron chi connectivity index (χ3n) is 2.96. The first kappa shape index (κ1) is 14.0.